The summed E-state index contributed by atoms with van der Waals surface area (Å²) in [7, 11) is 1.34. The van der Waals surface area contributed by atoms with Crippen molar-refractivity contribution in [3.05, 3.63) is 12.5 Å². The maximum atomic E-state index is 12.4. The molecule has 0 atom stereocenters. The van der Waals surface area contributed by atoms with Gasteiger partial charge in [-0.3, -0.25) is 0 Å². The molecule has 0 bridgehead atoms. The Morgan fingerprint density at radius 1 is 0.895 bits per heavy atom. The van der Waals surface area contributed by atoms with Crippen LogP contribution in [0, 0.1) is 0 Å². The highest BCUT2D eigenvalue weighted by atomic mass is 19.4. The highest BCUT2D eigenvalue weighted by Gasteiger charge is 2.75. The fourth-order valence-electron chi connectivity index (χ4n) is 0.567. The van der Waals surface area contributed by atoms with E-state index in [1.807, 2.05) is 0 Å². The largest absolute Gasteiger partial charge is 0.495 e. The van der Waals surface area contributed by atoms with Gasteiger partial charge in [-0.2, -0.15) is 30.7 Å². The van der Waals surface area contributed by atoms with Crippen molar-refractivity contribution in [2.24, 2.45) is 0 Å². The molecule has 0 radical (unpaired) electrons. The average Bonchev–Trinajstić information content (AvgIpc) is 2.26. The van der Waals surface area contributed by atoms with E-state index in [-0.39, 0.29) is 19.5 Å². The third-order valence-corrected chi connectivity index (χ3v) is 1.49. The van der Waals surface area contributed by atoms with Gasteiger partial charge in [0.2, 0.25) is 0 Å². The zero-order valence-electron chi connectivity index (χ0n) is 9.35. The van der Waals surface area contributed by atoms with Crippen LogP contribution in [0.25, 0.3) is 0 Å². The lowest BCUT2D eigenvalue weighted by Gasteiger charge is -2.25. The lowest BCUT2D eigenvalue weighted by Crippen LogP contribution is -2.53. The van der Waals surface area contributed by atoms with Gasteiger partial charge in [0.1, 0.15) is 12.9 Å². The topological polar surface area (TPSA) is 36.9 Å². The molecule has 0 saturated heterocycles. The number of alkyl halides is 7. The predicted molar refractivity (Wildman–Crippen MR) is 45.1 cm³/mol. The first-order chi connectivity index (χ1) is 8.56. The summed E-state index contributed by atoms with van der Waals surface area (Å²) >= 11 is 0. The van der Waals surface area contributed by atoms with Crippen LogP contribution in [0.2, 0.25) is 0 Å². The molecule has 11 heteroatoms. The molecule has 0 aliphatic rings. The Morgan fingerprint density at radius 3 is 1.95 bits per heavy atom. The number of hydrogen-bond acceptors (Lipinski definition) is 4. The summed E-state index contributed by atoms with van der Waals surface area (Å²) in [6.07, 6.45) is -11.6. The molecule has 0 N–H and O–H groups in total. The van der Waals surface area contributed by atoms with Crippen LogP contribution in [0.5, 0.6) is 0 Å². The van der Waals surface area contributed by atoms with Crippen LogP contribution in [0.15, 0.2) is 12.5 Å². The highest BCUT2D eigenvalue weighted by Crippen LogP contribution is 2.46. The van der Waals surface area contributed by atoms with Crippen molar-refractivity contribution in [2.45, 2.75) is 18.2 Å². The summed E-state index contributed by atoms with van der Waals surface area (Å²) in [5.74, 6) is -6.40. The summed E-state index contributed by atoms with van der Waals surface area (Å²) in [4.78, 5) is 6.11. The second-order valence-corrected chi connectivity index (χ2v) is 2.90. The van der Waals surface area contributed by atoms with Crippen LogP contribution in [0.4, 0.5) is 30.7 Å². The van der Waals surface area contributed by atoms with Gasteiger partial charge in [-0.15, -0.1) is 4.89 Å². The van der Waals surface area contributed by atoms with Crippen LogP contribution >= 0.6 is 0 Å². The molecule has 0 aliphatic carbocycles. The van der Waals surface area contributed by atoms with Crippen LogP contribution in [-0.4, -0.2) is 38.5 Å². The number of hydrogen-bond donors (Lipinski definition) is 0. The molecular weight excluding hydrogens is 293 g/mol. The lowest BCUT2D eigenvalue weighted by molar-refractivity contribution is -0.501. The van der Waals surface area contributed by atoms with Gasteiger partial charge in [-0.25, -0.2) is 0 Å². The monoisotopic (exact) mass is 302 g/mol. The van der Waals surface area contributed by atoms with E-state index in [0.717, 1.165) is 0 Å². The maximum Gasteiger partial charge on any atom is 0.464 e. The van der Waals surface area contributed by atoms with Gasteiger partial charge in [-0.05, 0) is 0 Å². The Hall–Kier alpha value is -1.23. The zero-order chi connectivity index (χ0) is 15.2. The van der Waals surface area contributed by atoms with Gasteiger partial charge in [0.05, 0.1) is 6.61 Å². The summed E-state index contributed by atoms with van der Waals surface area (Å²) in [6, 6.07) is 0. The van der Waals surface area contributed by atoms with E-state index >= 15 is 0 Å². The van der Waals surface area contributed by atoms with E-state index in [1.54, 1.807) is 0 Å². The van der Waals surface area contributed by atoms with Crippen molar-refractivity contribution in [1.29, 1.82) is 0 Å². The van der Waals surface area contributed by atoms with Gasteiger partial charge in [0.25, 0.3) is 0 Å². The molecule has 0 aromatic carbocycles. The number of methoxy groups -OCH3 is 1. The molecule has 0 aliphatic heterocycles. The predicted octanol–water partition coefficient (Wildman–Crippen LogP) is 2.86. The highest BCUT2D eigenvalue weighted by molar-refractivity contribution is 4.84. The first kappa shape index (κ1) is 17.8. The van der Waals surface area contributed by atoms with Crippen molar-refractivity contribution in [3.8, 4) is 0 Å². The van der Waals surface area contributed by atoms with Crippen LogP contribution < -0.4 is 0 Å². The van der Waals surface area contributed by atoms with Crippen LogP contribution in [0.3, 0.4) is 0 Å². The Labute approximate surface area is 102 Å². The maximum absolute atomic E-state index is 12.4. The second kappa shape index (κ2) is 6.80. The third kappa shape index (κ3) is 5.11. The molecule has 0 saturated carbocycles. The molecule has 0 aromatic heterocycles. The summed E-state index contributed by atoms with van der Waals surface area (Å²) in [5.41, 5.74) is 0. The molecule has 0 unspecified atom stereocenters. The average molecular weight is 302 g/mol. The minimum Gasteiger partial charge on any atom is -0.495 e. The fourth-order valence-corrected chi connectivity index (χ4v) is 0.567. The molecule has 4 nitrogen and oxygen atoms in total. The molecule has 0 aromatic rings. The third-order valence-electron chi connectivity index (χ3n) is 1.49. The van der Waals surface area contributed by atoms with Crippen molar-refractivity contribution >= 4 is 0 Å². The first-order valence-corrected chi connectivity index (χ1v) is 4.48. The molecule has 0 heterocycles. The number of ether oxygens (including phenoxy) is 2. The minimum absolute atomic E-state index is 0.0224. The Kier molecular flexibility index (Phi) is 6.36. The van der Waals surface area contributed by atoms with Crippen molar-refractivity contribution < 1.29 is 50.0 Å². The standard InChI is InChI=1S/C8H9F7O4/c1-16-2-3-17-4-5-18-19-8(14,15)6(9,10)7(11,12)13/h4-5H,2-3H2,1H3. The van der Waals surface area contributed by atoms with Crippen molar-refractivity contribution in [1.82, 2.24) is 0 Å². The SMILES string of the molecule is COCCOC=COOC(F)(F)C(F)(F)C(F)(F)F. The van der Waals surface area contributed by atoms with E-state index in [2.05, 4.69) is 19.2 Å². The minimum atomic E-state index is -6.49. The van der Waals surface area contributed by atoms with Crippen molar-refractivity contribution in [3.63, 3.8) is 0 Å². The van der Waals surface area contributed by atoms with Gasteiger partial charge >= 0.3 is 18.2 Å². The van der Waals surface area contributed by atoms with E-state index in [1.165, 1.54) is 7.11 Å². The number of rotatable bonds is 8. The van der Waals surface area contributed by atoms with Gasteiger partial charge in [0, 0.05) is 7.11 Å². The summed E-state index contributed by atoms with van der Waals surface area (Å²) in [5, 5.41) is 0. The van der Waals surface area contributed by atoms with Crippen LogP contribution in [0.1, 0.15) is 0 Å². The normalized spacial score (nSPS) is 13.9. The zero-order valence-corrected chi connectivity index (χ0v) is 9.35. The Morgan fingerprint density at radius 2 is 1.47 bits per heavy atom. The van der Waals surface area contributed by atoms with E-state index in [9.17, 15) is 30.7 Å². The van der Waals surface area contributed by atoms with Crippen molar-refractivity contribution in [2.75, 3.05) is 20.3 Å². The lowest BCUT2D eigenvalue weighted by atomic mass is 10.3. The molecular formula is C8H9F7O4. The molecule has 0 spiro atoms. The van der Waals surface area contributed by atoms with E-state index in [4.69, 9.17) is 0 Å². The molecule has 0 amide bonds. The smallest absolute Gasteiger partial charge is 0.464 e. The quantitative estimate of drug-likeness (QED) is 0.227. The van der Waals surface area contributed by atoms with Crippen LogP contribution in [-0.2, 0) is 19.2 Å². The summed E-state index contributed by atoms with van der Waals surface area (Å²) < 4.78 is 93.1. The van der Waals surface area contributed by atoms with Gasteiger partial charge in [-0.1, -0.05) is 0 Å². The van der Waals surface area contributed by atoms with Gasteiger partial charge < -0.3 is 14.4 Å². The first-order valence-electron chi connectivity index (χ1n) is 4.48. The molecule has 114 valence electrons. The molecule has 0 rings (SSSR count). The second-order valence-electron chi connectivity index (χ2n) is 2.90. The molecule has 19 heavy (non-hydrogen) atoms. The number of halogens is 7. The summed E-state index contributed by atoms with van der Waals surface area (Å²) in [6.45, 7) is 0.110. The molecule has 0 fully saturated rings. The van der Waals surface area contributed by atoms with Gasteiger partial charge in [0.15, 0.2) is 6.26 Å². The van der Waals surface area contributed by atoms with E-state index in [0.29, 0.717) is 6.26 Å². The Balaban J connectivity index is 4.24. The van der Waals surface area contributed by atoms with E-state index < -0.39 is 18.2 Å². The fraction of sp³-hybridized carbons (Fsp3) is 0.750. The Bertz CT molecular complexity index is 289.